The minimum Gasteiger partial charge on any atom is -0.358 e. The molecular weight excluding hydrogens is 164 g/mol. The molecule has 0 saturated carbocycles. The molecular formula is C10H20N2O. The SMILES string of the molecule is C=CCCCCCNCC(=O)NC. The van der Waals surface area contributed by atoms with E-state index < -0.39 is 0 Å². The topological polar surface area (TPSA) is 41.1 Å². The van der Waals surface area contributed by atoms with Crippen LogP contribution in [0.5, 0.6) is 0 Å². The second kappa shape index (κ2) is 9.26. The molecule has 0 fully saturated rings. The van der Waals surface area contributed by atoms with Crippen molar-refractivity contribution in [1.29, 1.82) is 0 Å². The van der Waals surface area contributed by atoms with Crippen molar-refractivity contribution in [3.05, 3.63) is 12.7 Å². The summed E-state index contributed by atoms with van der Waals surface area (Å²) in [7, 11) is 1.65. The van der Waals surface area contributed by atoms with E-state index in [4.69, 9.17) is 0 Å². The van der Waals surface area contributed by atoms with E-state index in [0.29, 0.717) is 6.54 Å². The number of amides is 1. The van der Waals surface area contributed by atoms with Gasteiger partial charge in [-0.3, -0.25) is 4.79 Å². The van der Waals surface area contributed by atoms with Crippen LogP contribution in [0.1, 0.15) is 25.7 Å². The third-order valence-electron chi connectivity index (χ3n) is 1.83. The van der Waals surface area contributed by atoms with Gasteiger partial charge in [0.05, 0.1) is 6.54 Å². The lowest BCUT2D eigenvalue weighted by Gasteiger charge is -2.02. The molecule has 0 bridgehead atoms. The number of hydrogen-bond acceptors (Lipinski definition) is 2. The maximum atomic E-state index is 10.8. The average Bonchev–Trinajstić information content (AvgIpc) is 2.16. The van der Waals surface area contributed by atoms with Gasteiger partial charge in [0.25, 0.3) is 0 Å². The van der Waals surface area contributed by atoms with Crippen LogP contribution in [0.4, 0.5) is 0 Å². The fourth-order valence-corrected chi connectivity index (χ4v) is 1.01. The Morgan fingerprint density at radius 1 is 1.38 bits per heavy atom. The number of hydrogen-bond donors (Lipinski definition) is 2. The summed E-state index contributed by atoms with van der Waals surface area (Å²) >= 11 is 0. The summed E-state index contributed by atoms with van der Waals surface area (Å²) in [5, 5.41) is 5.64. The first kappa shape index (κ1) is 12.2. The summed E-state index contributed by atoms with van der Waals surface area (Å²) < 4.78 is 0. The molecule has 0 aromatic carbocycles. The molecule has 3 heteroatoms. The molecule has 3 nitrogen and oxygen atoms in total. The van der Waals surface area contributed by atoms with Gasteiger partial charge in [0.2, 0.25) is 5.91 Å². The molecule has 0 spiro atoms. The Kier molecular flexibility index (Phi) is 8.67. The first-order valence-electron chi connectivity index (χ1n) is 4.83. The van der Waals surface area contributed by atoms with Crippen LogP contribution in [0.3, 0.4) is 0 Å². The molecule has 0 saturated heterocycles. The Bertz CT molecular complexity index is 146. The Morgan fingerprint density at radius 3 is 2.77 bits per heavy atom. The van der Waals surface area contributed by atoms with Gasteiger partial charge in [-0.25, -0.2) is 0 Å². The molecule has 0 heterocycles. The molecule has 0 aromatic rings. The summed E-state index contributed by atoms with van der Waals surface area (Å²) in [6, 6.07) is 0. The number of likely N-dealkylation sites (N-methyl/N-ethyl adjacent to an activating group) is 1. The van der Waals surface area contributed by atoms with Gasteiger partial charge in [0.15, 0.2) is 0 Å². The van der Waals surface area contributed by atoms with E-state index in [0.717, 1.165) is 19.4 Å². The van der Waals surface area contributed by atoms with Crippen LogP contribution in [0.15, 0.2) is 12.7 Å². The van der Waals surface area contributed by atoms with E-state index in [9.17, 15) is 4.79 Å². The van der Waals surface area contributed by atoms with Crippen LogP contribution < -0.4 is 10.6 Å². The highest BCUT2D eigenvalue weighted by Crippen LogP contribution is 1.98. The standard InChI is InChI=1S/C10H20N2O/c1-3-4-5-6-7-8-12-9-10(13)11-2/h3,12H,1,4-9H2,2H3,(H,11,13). The monoisotopic (exact) mass is 184 g/mol. The first-order valence-corrected chi connectivity index (χ1v) is 4.83. The molecule has 0 radical (unpaired) electrons. The number of nitrogens with one attached hydrogen (secondary N) is 2. The van der Waals surface area contributed by atoms with Crippen LogP contribution in [-0.2, 0) is 4.79 Å². The maximum Gasteiger partial charge on any atom is 0.233 e. The maximum absolute atomic E-state index is 10.8. The highest BCUT2D eigenvalue weighted by atomic mass is 16.1. The van der Waals surface area contributed by atoms with E-state index in [2.05, 4.69) is 17.2 Å². The zero-order valence-electron chi connectivity index (χ0n) is 8.44. The summed E-state index contributed by atoms with van der Waals surface area (Å²) in [4.78, 5) is 10.8. The molecule has 0 aliphatic rings. The van der Waals surface area contributed by atoms with Gasteiger partial charge in [0.1, 0.15) is 0 Å². The lowest BCUT2D eigenvalue weighted by atomic mass is 10.2. The average molecular weight is 184 g/mol. The quantitative estimate of drug-likeness (QED) is 0.437. The van der Waals surface area contributed by atoms with Crippen molar-refractivity contribution in [1.82, 2.24) is 10.6 Å². The molecule has 0 unspecified atom stereocenters. The molecule has 76 valence electrons. The number of rotatable bonds is 8. The second-order valence-electron chi connectivity index (χ2n) is 2.99. The minimum absolute atomic E-state index is 0.0473. The molecule has 0 aromatic heterocycles. The lowest BCUT2D eigenvalue weighted by molar-refractivity contribution is -0.119. The zero-order chi connectivity index (χ0) is 9.94. The van der Waals surface area contributed by atoms with Gasteiger partial charge in [0, 0.05) is 7.05 Å². The predicted octanol–water partition coefficient (Wildman–Crippen LogP) is 1.07. The fraction of sp³-hybridized carbons (Fsp3) is 0.700. The highest BCUT2D eigenvalue weighted by Gasteiger charge is 1.94. The smallest absolute Gasteiger partial charge is 0.233 e. The third kappa shape index (κ3) is 9.08. The summed E-state index contributed by atoms with van der Waals surface area (Å²) in [6.45, 7) is 5.01. The summed E-state index contributed by atoms with van der Waals surface area (Å²) in [5.41, 5.74) is 0. The van der Waals surface area contributed by atoms with Crippen LogP contribution in [-0.4, -0.2) is 26.0 Å². The normalized spacial score (nSPS) is 9.62. The molecule has 0 aliphatic heterocycles. The Morgan fingerprint density at radius 2 is 2.15 bits per heavy atom. The van der Waals surface area contributed by atoms with E-state index in [1.54, 1.807) is 7.05 Å². The fourth-order valence-electron chi connectivity index (χ4n) is 1.01. The van der Waals surface area contributed by atoms with Gasteiger partial charge in [-0.05, 0) is 25.8 Å². The van der Waals surface area contributed by atoms with Crippen molar-refractivity contribution >= 4 is 5.91 Å². The Hall–Kier alpha value is -0.830. The van der Waals surface area contributed by atoms with Crippen LogP contribution in [0.2, 0.25) is 0 Å². The molecule has 2 N–H and O–H groups in total. The van der Waals surface area contributed by atoms with Crippen molar-refractivity contribution in [2.24, 2.45) is 0 Å². The summed E-state index contributed by atoms with van der Waals surface area (Å²) in [5.74, 6) is 0.0473. The highest BCUT2D eigenvalue weighted by molar-refractivity contribution is 5.77. The number of carbonyl (C=O) groups excluding carboxylic acids is 1. The number of allylic oxidation sites excluding steroid dienone is 1. The van der Waals surface area contributed by atoms with Crippen molar-refractivity contribution in [2.75, 3.05) is 20.1 Å². The summed E-state index contributed by atoms with van der Waals surface area (Å²) in [6.07, 6.45) is 6.57. The number of unbranched alkanes of at least 4 members (excludes halogenated alkanes) is 3. The van der Waals surface area contributed by atoms with E-state index in [1.807, 2.05) is 6.08 Å². The van der Waals surface area contributed by atoms with Gasteiger partial charge < -0.3 is 10.6 Å². The minimum atomic E-state index is 0.0473. The van der Waals surface area contributed by atoms with E-state index in [-0.39, 0.29) is 5.91 Å². The Balaban J connectivity index is 2.99. The van der Waals surface area contributed by atoms with Crippen molar-refractivity contribution in [3.63, 3.8) is 0 Å². The van der Waals surface area contributed by atoms with Crippen LogP contribution in [0, 0.1) is 0 Å². The van der Waals surface area contributed by atoms with E-state index >= 15 is 0 Å². The molecule has 0 atom stereocenters. The van der Waals surface area contributed by atoms with Gasteiger partial charge >= 0.3 is 0 Å². The van der Waals surface area contributed by atoms with Gasteiger partial charge in [-0.1, -0.05) is 12.5 Å². The van der Waals surface area contributed by atoms with Gasteiger partial charge in [-0.2, -0.15) is 0 Å². The Labute approximate surface area is 80.6 Å². The molecule has 0 rings (SSSR count). The third-order valence-corrected chi connectivity index (χ3v) is 1.83. The molecule has 13 heavy (non-hydrogen) atoms. The predicted molar refractivity (Wildman–Crippen MR) is 55.6 cm³/mol. The number of carbonyl (C=O) groups is 1. The van der Waals surface area contributed by atoms with Crippen LogP contribution >= 0.6 is 0 Å². The second-order valence-corrected chi connectivity index (χ2v) is 2.99. The van der Waals surface area contributed by atoms with Crippen molar-refractivity contribution in [3.8, 4) is 0 Å². The largest absolute Gasteiger partial charge is 0.358 e. The van der Waals surface area contributed by atoms with Gasteiger partial charge in [-0.15, -0.1) is 6.58 Å². The molecule has 0 aliphatic carbocycles. The lowest BCUT2D eigenvalue weighted by Crippen LogP contribution is -2.31. The van der Waals surface area contributed by atoms with E-state index in [1.165, 1.54) is 12.8 Å². The first-order chi connectivity index (χ1) is 6.31. The molecule has 1 amide bonds. The zero-order valence-corrected chi connectivity index (χ0v) is 8.44. The van der Waals surface area contributed by atoms with Crippen molar-refractivity contribution in [2.45, 2.75) is 25.7 Å². The van der Waals surface area contributed by atoms with Crippen molar-refractivity contribution < 1.29 is 4.79 Å². The van der Waals surface area contributed by atoms with Crippen LogP contribution in [0.25, 0.3) is 0 Å².